The van der Waals surface area contributed by atoms with Gasteiger partial charge in [-0.3, -0.25) is 0 Å². The smallest absolute Gasteiger partial charge is 0.0555 e. The predicted molar refractivity (Wildman–Crippen MR) is 87.6 cm³/mol. The summed E-state index contributed by atoms with van der Waals surface area (Å²) in [5.41, 5.74) is 7.94. The summed E-state index contributed by atoms with van der Waals surface area (Å²) in [5, 5.41) is 0. The van der Waals surface area contributed by atoms with Crippen LogP contribution in [-0.2, 0) is 6.54 Å². The molecule has 2 aliphatic carbocycles. The summed E-state index contributed by atoms with van der Waals surface area (Å²) in [6.07, 6.45) is 5.92. The Morgan fingerprint density at radius 2 is 2.10 bits per heavy atom. The molecule has 21 heavy (non-hydrogen) atoms. The molecular weight excluding hydrogens is 256 g/mol. The molecule has 3 rings (SSSR count). The van der Waals surface area contributed by atoms with E-state index in [2.05, 4.69) is 48.1 Å². The Morgan fingerprint density at radius 1 is 1.24 bits per heavy atom. The molecule has 2 saturated carbocycles. The number of nitrogens with zero attached hydrogens (tertiary/aromatic N) is 1. The first kappa shape index (κ1) is 14.6. The van der Waals surface area contributed by atoms with Gasteiger partial charge in [-0.1, -0.05) is 36.5 Å². The Kier molecular flexibility index (Phi) is 4.63. The van der Waals surface area contributed by atoms with Crippen molar-refractivity contribution in [3.63, 3.8) is 0 Å². The van der Waals surface area contributed by atoms with E-state index in [1.807, 2.05) is 0 Å². The van der Waals surface area contributed by atoms with E-state index in [0.29, 0.717) is 6.54 Å². The highest BCUT2D eigenvalue weighted by Gasteiger charge is 2.39. The van der Waals surface area contributed by atoms with Crippen LogP contribution >= 0.6 is 0 Å². The lowest BCUT2D eigenvalue weighted by molar-refractivity contribution is 0.214. The van der Waals surface area contributed by atoms with Gasteiger partial charge in [0.15, 0.2) is 0 Å². The topological polar surface area (TPSA) is 29.3 Å². The summed E-state index contributed by atoms with van der Waals surface area (Å²) in [7, 11) is 2.25. The molecule has 112 valence electrons. The van der Waals surface area contributed by atoms with Gasteiger partial charge >= 0.3 is 0 Å². The maximum atomic E-state index is 5.49. The van der Waals surface area contributed by atoms with E-state index in [0.717, 1.165) is 29.9 Å². The Bertz CT molecular complexity index is 540. The van der Waals surface area contributed by atoms with Crippen LogP contribution in [-0.4, -0.2) is 25.0 Å². The monoisotopic (exact) mass is 282 g/mol. The van der Waals surface area contributed by atoms with E-state index in [4.69, 9.17) is 5.73 Å². The lowest BCUT2D eigenvalue weighted by Gasteiger charge is -2.27. The number of nitrogens with two attached hydrogens (primary N) is 1. The summed E-state index contributed by atoms with van der Waals surface area (Å²) in [6.45, 7) is 2.65. The minimum absolute atomic E-state index is 0.426. The minimum atomic E-state index is 0.426. The Balaban J connectivity index is 1.61. The molecule has 2 nitrogen and oxygen atoms in total. The second-order valence-corrected chi connectivity index (χ2v) is 6.79. The van der Waals surface area contributed by atoms with Crippen molar-refractivity contribution in [1.82, 2.24) is 4.90 Å². The molecule has 0 amide bonds. The third-order valence-corrected chi connectivity index (χ3v) is 5.21. The molecule has 2 N–H and O–H groups in total. The van der Waals surface area contributed by atoms with Gasteiger partial charge in [0, 0.05) is 18.7 Å². The normalized spacial score (nSPS) is 26.9. The first-order valence-electron chi connectivity index (χ1n) is 8.21. The summed E-state index contributed by atoms with van der Waals surface area (Å²) in [4.78, 5) is 2.48. The average Bonchev–Trinajstić information content (AvgIpc) is 3.09. The van der Waals surface area contributed by atoms with Gasteiger partial charge in [0.05, 0.1) is 6.54 Å². The molecule has 0 aromatic heterocycles. The molecule has 0 radical (unpaired) electrons. The van der Waals surface area contributed by atoms with Crippen molar-refractivity contribution >= 4 is 0 Å². The van der Waals surface area contributed by atoms with Crippen LogP contribution < -0.4 is 5.73 Å². The molecule has 0 spiro atoms. The Labute approximate surface area is 128 Å². The molecule has 2 bridgehead atoms. The summed E-state index contributed by atoms with van der Waals surface area (Å²) in [5.74, 6) is 9.14. The average molecular weight is 282 g/mol. The third kappa shape index (κ3) is 3.48. The molecule has 0 heterocycles. The second-order valence-electron chi connectivity index (χ2n) is 6.79. The van der Waals surface area contributed by atoms with Crippen molar-refractivity contribution < 1.29 is 0 Å². The van der Waals surface area contributed by atoms with Crippen LogP contribution in [0.1, 0.15) is 36.8 Å². The van der Waals surface area contributed by atoms with Crippen molar-refractivity contribution in [3.8, 4) is 11.8 Å². The molecule has 2 fully saturated rings. The van der Waals surface area contributed by atoms with Gasteiger partial charge in [-0.15, -0.1) is 0 Å². The lowest BCUT2D eigenvalue weighted by atomic mass is 9.88. The zero-order valence-electron chi connectivity index (χ0n) is 13.0. The van der Waals surface area contributed by atoms with E-state index in [1.165, 1.54) is 37.8 Å². The van der Waals surface area contributed by atoms with Gasteiger partial charge in [-0.2, -0.15) is 0 Å². The molecule has 3 atom stereocenters. The SMILES string of the molecule is CN(Cc1ccccc1C#CCN)CC1CC2CCC1C2. The van der Waals surface area contributed by atoms with Gasteiger partial charge in [0.25, 0.3) is 0 Å². The van der Waals surface area contributed by atoms with Gasteiger partial charge < -0.3 is 10.6 Å². The first-order valence-corrected chi connectivity index (χ1v) is 8.21. The van der Waals surface area contributed by atoms with Crippen molar-refractivity contribution in [1.29, 1.82) is 0 Å². The molecule has 3 unspecified atom stereocenters. The molecule has 2 heteroatoms. The molecule has 1 aromatic rings. The number of hydrogen-bond donors (Lipinski definition) is 1. The number of rotatable bonds is 4. The molecule has 1 aromatic carbocycles. The standard InChI is InChI=1S/C19H26N2/c1-21(14-19-12-15-8-9-17(19)11-15)13-18-6-3-2-5-16(18)7-4-10-20/h2-3,5-6,15,17,19H,8-14,20H2,1H3. The summed E-state index contributed by atoms with van der Waals surface area (Å²) >= 11 is 0. The number of benzene rings is 1. The maximum absolute atomic E-state index is 5.49. The highest BCUT2D eigenvalue weighted by molar-refractivity contribution is 5.41. The van der Waals surface area contributed by atoms with Crippen molar-refractivity contribution in [2.45, 2.75) is 32.2 Å². The van der Waals surface area contributed by atoms with Crippen LogP contribution in [0.25, 0.3) is 0 Å². The molecule has 2 aliphatic rings. The van der Waals surface area contributed by atoms with Gasteiger partial charge in [-0.25, -0.2) is 0 Å². The largest absolute Gasteiger partial charge is 0.320 e. The zero-order valence-corrected chi connectivity index (χ0v) is 13.0. The fourth-order valence-electron chi connectivity index (χ4n) is 4.28. The Morgan fingerprint density at radius 3 is 2.81 bits per heavy atom. The summed E-state index contributed by atoms with van der Waals surface area (Å²) < 4.78 is 0. The van der Waals surface area contributed by atoms with Crippen molar-refractivity contribution in [2.24, 2.45) is 23.5 Å². The second kappa shape index (κ2) is 6.64. The quantitative estimate of drug-likeness (QED) is 0.861. The molecule has 0 aliphatic heterocycles. The summed E-state index contributed by atoms with van der Waals surface area (Å²) in [6, 6.07) is 8.45. The number of fused-ring (bicyclic) bond motifs is 2. The van der Waals surface area contributed by atoms with E-state index in [-0.39, 0.29) is 0 Å². The Hall–Kier alpha value is -1.30. The fourth-order valence-corrected chi connectivity index (χ4v) is 4.28. The lowest BCUT2D eigenvalue weighted by Crippen LogP contribution is -2.28. The van der Waals surface area contributed by atoms with Crippen LogP contribution in [0.15, 0.2) is 24.3 Å². The zero-order chi connectivity index (χ0) is 14.7. The number of hydrogen-bond acceptors (Lipinski definition) is 2. The van der Waals surface area contributed by atoms with Crippen LogP contribution in [0.4, 0.5) is 0 Å². The van der Waals surface area contributed by atoms with Gasteiger partial charge in [-0.05, 0) is 55.7 Å². The van der Waals surface area contributed by atoms with Gasteiger partial charge in [0.1, 0.15) is 0 Å². The predicted octanol–water partition coefficient (Wildman–Crippen LogP) is 2.86. The van der Waals surface area contributed by atoms with E-state index >= 15 is 0 Å². The van der Waals surface area contributed by atoms with Crippen LogP contribution in [0.5, 0.6) is 0 Å². The van der Waals surface area contributed by atoms with Crippen molar-refractivity contribution in [3.05, 3.63) is 35.4 Å². The van der Waals surface area contributed by atoms with E-state index < -0.39 is 0 Å². The maximum Gasteiger partial charge on any atom is 0.0555 e. The first-order chi connectivity index (χ1) is 10.3. The minimum Gasteiger partial charge on any atom is -0.320 e. The van der Waals surface area contributed by atoms with E-state index in [9.17, 15) is 0 Å². The fraction of sp³-hybridized carbons (Fsp3) is 0.579. The highest BCUT2D eigenvalue weighted by atomic mass is 15.1. The van der Waals surface area contributed by atoms with Crippen molar-refractivity contribution in [2.75, 3.05) is 20.1 Å². The van der Waals surface area contributed by atoms with Crippen LogP contribution in [0, 0.1) is 29.6 Å². The molecule has 0 saturated heterocycles. The van der Waals surface area contributed by atoms with Crippen LogP contribution in [0.3, 0.4) is 0 Å². The highest BCUT2D eigenvalue weighted by Crippen LogP contribution is 2.48. The molecular formula is C19H26N2. The van der Waals surface area contributed by atoms with Crippen LogP contribution in [0.2, 0.25) is 0 Å². The van der Waals surface area contributed by atoms with E-state index in [1.54, 1.807) is 0 Å². The third-order valence-electron chi connectivity index (χ3n) is 5.21. The van der Waals surface area contributed by atoms with Gasteiger partial charge in [0.2, 0.25) is 0 Å².